The zero-order chi connectivity index (χ0) is 27.3. The number of hydrogen-bond acceptors (Lipinski definition) is 6. The minimum atomic E-state index is -4.65. The number of anilines is 2. The van der Waals surface area contributed by atoms with Gasteiger partial charge in [-0.1, -0.05) is 11.6 Å². The van der Waals surface area contributed by atoms with Crippen LogP contribution in [0.2, 0.25) is 5.02 Å². The summed E-state index contributed by atoms with van der Waals surface area (Å²) in [6.07, 6.45) is -2.67. The summed E-state index contributed by atoms with van der Waals surface area (Å²) < 4.78 is 44.0. The number of hydrogen-bond donors (Lipinski definition) is 3. The van der Waals surface area contributed by atoms with Crippen LogP contribution >= 0.6 is 11.6 Å². The van der Waals surface area contributed by atoms with Crippen molar-refractivity contribution >= 4 is 35.0 Å². The molecule has 4 rings (SSSR count). The highest BCUT2D eigenvalue weighted by Crippen LogP contribution is 2.36. The zero-order valence-corrected chi connectivity index (χ0v) is 20.5. The molecule has 2 aromatic carbocycles. The first-order valence-corrected chi connectivity index (χ1v) is 11.6. The average molecular weight is 545 g/mol. The fraction of sp³-hybridized carbons (Fsp3) is 0.160. The van der Waals surface area contributed by atoms with E-state index in [9.17, 15) is 22.8 Å². The van der Waals surface area contributed by atoms with Gasteiger partial charge in [-0.05, 0) is 61.5 Å². The summed E-state index contributed by atoms with van der Waals surface area (Å²) in [5.74, 6) is -0.0792. The van der Waals surface area contributed by atoms with Gasteiger partial charge in [-0.3, -0.25) is 5.10 Å². The van der Waals surface area contributed by atoms with Crippen molar-refractivity contribution in [2.75, 3.05) is 17.2 Å². The number of benzene rings is 2. The van der Waals surface area contributed by atoms with E-state index in [1.54, 1.807) is 49.5 Å². The summed E-state index contributed by atoms with van der Waals surface area (Å²) >= 11 is 5.61. The van der Waals surface area contributed by atoms with E-state index in [-0.39, 0.29) is 18.0 Å². The van der Waals surface area contributed by atoms with Crippen LogP contribution in [-0.4, -0.2) is 38.8 Å². The lowest BCUT2D eigenvalue weighted by Crippen LogP contribution is -2.19. The monoisotopic (exact) mass is 544 g/mol. The second-order valence-electron chi connectivity index (χ2n) is 7.90. The van der Waals surface area contributed by atoms with Crippen molar-refractivity contribution in [2.24, 2.45) is 0 Å². The SMILES string of the molecule is CCOC(=O)c1cc(Cc2ccnc(-c3ccc(NC(=O)Nc4ccc(Cl)c(C(F)(F)F)c4)cc3)n2)[nH]n1. The van der Waals surface area contributed by atoms with E-state index in [1.165, 1.54) is 6.07 Å². The summed E-state index contributed by atoms with van der Waals surface area (Å²) in [6.45, 7) is 1.96. The fourth-order valence-corrected chi connectivity index (χ4v) is 3.63. The Morgan fingerprint density at radius 1 is 1.03 bits per heavy atom. The molecule has 0 unspecified atom stereocenters. The lowest BCUT2D eigenvalue weighted by Gasteiger charge is -2.12. The first-order chi connectivity index (χ1) is 18.1. The molecule has 0 radical (unpaired) electrons. The van der Waals surface area contributed by atoms with Crippen LogP contribution in [0.25, 0.3) is 11.4 Å². The molecule has 2 aromatic heterocycles. The Labute approximate surface area is 219 Å². The molecule has 0 aliphatic carbocycles. The first-order valence-electron chi connectivity index (χ1n) is 11.2. The lowest BCUT2D eigenvalue weighted by atomic mass is 10.1. The topological polar surface area (TPSA) is 122 Å². The number of ether oxygens (including phenoxy) is 1. The number of amides is 2. The molecular formula is C25H20ClF3N6O3. The predicted octanol–water partition coefficient (Wildman–Crippen LogP) is 5.95. The third-order valence-electron chi connectivity index (χ3n) is 5.13. The summed E-state index contributed by atoms with van der Waals surface area (Å²) in [5, 5.41) is 11.2. The maximum Gasteiger partial charge on any atom is 0.417 e. The van der Waals surface area contributed by atoms with E-state index >= 15 is 0 Å². The molecule has 2 heterocycles. The third-order valence-corrected chi connectivity index (χ3v) is 5.46. The number of halogens is 4. The van der Waals surface area contributed by atoms with Gasteiger partial charge in [0.15, 0.2) is 11.5 Å². The van der Waals surface area contributed by atoms with E-state index in [0.717, 1.165) is 12.1 Å². The van der Waals surface area contributed by atoms with Crippen molar-refractivity contribution in [3.05, 3.63) is 88.5 Å². The van der Waals surface area contributed by atoms with Crippen molar-refractivity contribution in [1.29, 1.82) is 0 Å². The van der Waals surface area contributed by atoms with E-state index in [1.807, 2.05) is 0 Å². The van der Waals surface area contributed by atoms with Crippen molar-refractivity contribution in [1.82, 2.24) is 20.2 Å². The van der Waals surface area contributed by atoms with Gasteiger partial charge in [0.1, 0.15) is 0 Å². The maximum absolute atomic E-state index is 13.0. The molecule has 4 aromatic rings. The van der Waals surface area contributed by atoms with Gasteiger partial charge < -0.3 is 15.4 Å². The molecule has 13 heteroatoms. The molecule has 9 nitrogen and oxygen atoms in total. The summed E-state index contributed by atoms with van der Waals surface area (Å²) in [5.41, 5.74) is 1.49. The molecule has 3 N–H and O–H groups in total. The number of nitrogens with one attached hydrogen (secondary N) is 3. The summed E-state index contributed by atoms with van der Waals surface area (Å²) in [6, 6.07) is 12.3. The second-order valence-corrected chi connectivity index (χ2v) is 8.30. The molecule has 0 bridgehead atoms. The van der Waals surface area contributed by atoms with Gasteiger partial charge in [0, 0.05) is 35.2 Å². The van der Waals surface area contributed by atoms with Crippen LogP contribution in [0, 0.1) is 0 Å². The zero-order valence-electron chi connectivity index (χ0n) is 19.8. The van der Waals surface area contributed by atoms with E-state index < -0.39 is 28.8 Å². The van der Waals surface area contributed by atoms with E-state index in [2.05, 4.69) is 30.8 Å². The van der Waals surface area contributed by atoms with Crippen LogP contribution in [0.4, 0.5) is 29.3 Å². The number of aromatic amines is 1. The molecule has 196 valence electrons. The Balaban J connectivity index is 1.39. The van der Waals surface area contributed by atoms with E-state index in [0.29, 0.717) is 34.9 Å². The summed E-state index contributed by atoms with van der Waals surface area (Å²) in [4.78, 5) is 32.9. The normalized spacial score (nSPS) is 11.2. The molecule has 0 spiro atoms. The Morgan fingerprint density at radius 3 is 2.45 bits per heavy atom. The van der Waals surface area contributed by atoms with Gasteiger partial charge in [-0.25, -0.2) is 19.6 Å². The lowest BCUT2D eigenvalue weighted by molar-refractivity contribution is -0.137. The van der Waals surface area contributed by atoms with Crippen molar-refractivity contribution in [3.63, 3.8) is 0 Å². The number of esters is 1. The standard InChI is InChI=1S/C25H20ClF3N6O3/c1-2-38-23(36)21-13-18(34-35-21)11-17-9-10-30-22(31-17)14-3-5-15(6-4-14)32-24(37)33-16-7-8-20(26)19(12-16)25(27,28)29/h3-10,12-13H,2,11H2,1H3,(H,34,35)(H2,32,33,37). The number of urea groups is 1. The molecule has 0 atom stereocenters. The molecular weight excluding hydrogens is 525 g/mol. The number of carbonyl (C=O) groups is 2. The van der Waals surface area contributed by atoms with Gasteiger partial charge in [0.2, 0.25) is 0 Å². The van der Waals surface area contributed by atoms with Crippen LogP contribution in [0.15, 0.2) is 60.8 Å². The van der Waals surface area contributed by atoms with Crippen LogP contribution in [0.3, 0.4) is 0 Å². The number of alkyl halides is 3. The molecule has 0 saturated heterocycles. The smallest absolute Gasteiger partial charge is 0.417 e. The largest absolute Gasteiger partial charge is 0.461 e. The van der Waals surface area contributed by atoms with Crippen LogP contribution in [0.1, 0.15) is 34.4 Å². The molecule has 0 fully saturated rings. The highest BCUT2D eigenvalue weighted by molar-refractivity contribution is 6.31. The second kappa shape index (κ2) is 11.3. The molecule has 38 heavy (non-hydrogen) atoms. The van der Waals surface area contributed by atoms with Crippen molar-refractivity contribution < 1.29 is 27.5 Å². The highest BCUT2D eigenvalue weighted by Gasteiger charge is 2.33. The van der Waals surface area contributed by atoms with Gasteiger partial charge in [-0.2, -0.15) is 18.3 Å². The number of nitrogens with zero attached hydrogens (tertiary/aromatic N) is 3. The quantitative estimate of drug-likeness (QED) is 0.247. The van der Waals surface area contributed by atoms with Gasteiger partial charge in [0.05, 0.1) is 22.9 Å². The van der Waals surface area contributed by atoms with E-state index in [4.69, 9.17) is 16.3 Å². The van der Waals surface area contributed by atoms with Crippen molar-refractivity contribution in [2.45, 2.75) is 19.5 Å². The minimum Gasteiger partial charge on any atom is -0.461 e. The Morgan fingerprint density at radius 2 is 1.74 bits per heavy atom. The number of carbonyl (C=O) groups excluding carboxylic acids is 2. The van der Waals surface area contributed by atoms with Gasteiger partial charge in [-0.15, -0.1) is 0 Å². The third kappa shape index (κ3) is 6.65. The minimum absolute atomic E-state index is 0.0623. The Hall–Kier alpha value is -4.45. The van der Waals surface area contributed by atoms with Crippen LogP contribution in [-0.2, 0) is 17.3 Å². The van der Waals surface area contributed by atoms with Gasteiger partial charge in [0.25, 0.3) is 0 Å². The molecule has 0 aliphatic heterocycles. The van der Waals surface area contributed by atoms with Gasteiger partial charge >= 0.3 is 18.2 Å². The first kappa shape index (κ1) is 26.6. The molecule has 0 aliphatic rings. The Bertz CT molecular complexity index is 1460. The summed E-state index contributed by atoms with van der Waals surface area (Å²) in [7, 11) is 0. The Kier molecular flexibility index (Phi) is 7.91. The number of aromatic nitrogens is 4. The average Bonchev–Trinajstić information content (AvgIpc) is 3.34. The van der Waals surface area contributed by atoms with Crippen LogP contribution in [0.5, 0.6) is 0 Å². The maximum atomic E-state index is 13.0. The fourth-order valence-electron chi connectivity index (χ4n) is 3.41. The molecule has 0 saturated carbocycles. The highest BCUT2D eigenvalue weighted by atomic mass is 35.5. The van der Waals surface area contributed by atoms with Crippen LogP contribution < -0.4 is 10.6 Å². The number of rotatable bonds is 7. The van der Waals surface area contributed by atoms with Crippen molar-refractivity contribution in [3.8, 4) is 11.4 Å². The molecule has 2 amide bonds. The number of H-pyrrole nitrogens is 1. The predicted molar refractivity (Wildman–Crippen MR) is 134 cm³/mol.